The molecule has 19 heavy (non-hydrogen) atoms. The molecule has 0 aliphatic heterocycles. The average Bonchev–Trinajstić information content (AvgIpc) is 2.47. The molecule has 0 radical (unpaired) electrons. The third-order valence-electron chi connectivity index (χ3n) is 2.50. The van der Waals surface area contributed by atoms with E-state index >= 15 is 0 Å². The van der Waals surface area contributed by atoms with Crippen LogP contribution in [0.1, 0.15) is 5.56 Å². The van der Waals surface area contributed by atoms with E-state index in [1.165, 1.54) is 0 Å². The van der Waals surface area contributed by atoms with Crippen LogP contribution in [0.25, 0.3) is 10.4 Å². The SMILES string of the molecule is COc1ccc(C=Nc2ccccc2N=[N+]=[N-])cc1. The summed E-state index contributed by atoms with van der Waals surface area (Å²) in [6.07, 6.45) is 1.71. The van der Waals surface area contributed by atoms with Crippen molar-refractivity contribution in [1.29, 1.82) is 0 Å². The zero-order valence-corrected chi connectivity index (χ0v) is 10.4. The largest absolute Gasteiger partial charge is 0.497 e. The van der Waals surface area contributed by atoms with Gasteiger partial charge < -0.3 is 4.74 Å². The van der Waals surface area contributed by atoms with Crippen molar-refractivity contribution < 1.29 is 4.74 Å². The summed E-state index contributed by atoms with van der Waals surface area (Å²) in [7, 11) is 1.62. The molecule has 5 nitrogen and oxygen atoms in total. The summed E-state index contributed by atoms with van der Waals surface area (Å²) in [5.74, 6) is 0.798. The van der Waals surface area contributed by atoms with Gasteiger partial charge in [0.1, 0.15) is 5.75 Å². The minimum atomic E-state index is 0.509. The number of hydrogen-bond donors (Lipinski definition) is 0. The first-order valence-corrected chi connectivity index (χ1v) is 5.66. The number of rotatable bonds is 4. The quantitative estimate of drug-likeness (QED) is 0.344. The van der Waals surface area contributed by atoms with Gasteiger partial charge in [-0.15, -0.1) is 0 Å². The van der Waals surface area contributed by atoms with E-state index in [-0.39, 0.29) is 0 Å². The van der Waals surface area contributed by atoms with Gasteiger partial charge in [-0.3, -0.25) is 4.99 Å². The lowest BCUT2D eigenvalue weighted by molar-refractivity contribution is 0.415. The molecule has 0 spiro atoms. The van der Waals surface area contributed by atoms with Gasteiger partial charge >= 0.3 is 0 Å². The van der Waals surface area contributed by atoms with Crippen molar-refractivity contribution in [3.8, 4) is 5.75 Å². The Labute approximate surface area is 110 Å². The zero-order valence-electron chi connectivity index (χ0n) is 10.4. The van der Waals surface area contributed by atoms with Crippen LogP contribution in [-0.4, -0.2) is 13.3 Å². The minimum absolute atomic E-state index is 0.509. The molecule has 0 saturated carbocycles. The van der Waals surface area contributed by atoms with Gasteiger partial charge in [0.05, 0.1) is 18.5 Å². The Hall–Kier alpha value is -2.78. The maximum atomic E-state index is 8.48. The molecule has 0 atom stereocenters. The molecule has 94 valence electrons. The van der Waals surface area contributed by atoms with Crippen molar-refractivity contribution in [2.75, 3.05) is 7.11 Å². The van der Waals surface area contributed by atoms with Crippen molar-refractivity contribution >= 4 is 17.6 Å². The van der Waals surface area contributed by atoms with Gasteiger partial charge in [0.25, 0.3) is 0 Å². The molecule has 2 rings (SSSR count). The monoisotopic (exact) mass is 252 g/mol. The molecular formula is C14H12N4O. The molecule has 0 N–H and O–H groups in total. The first-order chi connectivity index (χ1) is 9.33. The Morgan fingerprint density at radius 1 is 1.05 bits per heavy atom. The Morgan fingerprint density at radius 3 is 2.37 bits per heavy atom. The second kappa shape index (κ2) is 6.23. The standard InChI is InChI=1S/C14H12N4O/c1-19-12-8-6-11(7-9-12)10-16-13-4-2-3-5-14(13)17-18-15/h2-10H,1H3. The normalized spacial score (nSPS) is 10.2. The van der Waals surface area contributed by atoms with Crippen LogP contribution in [0.15, 0.2) is 58.6 Å². The number of azide groups is 1. The summed E-state index contributed by atoms with van der Waals surface area (Å²) < 4.78 is 5.08. The predicted molar refractivity (Wildman–Crippen MR) is 75.5 cm³/mol. The molecule has 0 unspecified atom stereocenters. The number of hydrogen-bond acceptors (Lipinski definition) is 3. The van der Waals surface area contributed by atoms with Crippen molar-refractivity contribution in [2.24, 2.45) is 10.1 Å². The molecule has 5 heteroatoms. The van der Waals surface area contributed by atoms with Crippen molar-refractivity contribution in [3.05, 3.63) is 64.5 Å². The van der Waals surface area contributed by atoms with E-state index in [2.05, 4.69) is 15.0 Å². The van der Waals surface area contributed by atoms with Crippen LogP contribution in [0, 0.1) is 0 Å². The highest BCUT2D eigenvalue weighted by atomic mass is 16.5. The molecule has 0 aliphatic carbocycles. The first kappa shape index (κ1) is 12.7. The Morgan fingerprint density at radius 2 is 1.74 bits per heavy atom. The number of nitrogens with zero attached hydrogens (tertiary/aromatic N) is 4. The van der Waals surface area contributed by atoms with Crippen LogP contribution in [0.4, 0.5) is 11.4 Å². The maximum absolute atomic E-state index is 8.48. The van der Waals surface area contributed by atoms with E-state index in [9.17, 15) is 0 Å². The minimum Gasteiger partial charge on any atom is -0.497 e. The third-order valence-corrected chi connectivity index (χ3v) is 2.50. The number of aliphatic imine (C=N–C) groups is 1. The topological polar surface area (TPSA) is 70.4 Å². The second-order valence-corrected chi connectivity index (χ2v) is 3.71. The van der Waals surface area contributed by atoms with Crippen molar-refractivity contribution in [1.82, 2.24) is 0 Å². The molecule has 0 aliphatic rings. The van der Waals surface area contributed by atoms with Crippen LogP contribution >= 0.6 is 0 Å². The van der Waals surface area contributed by atoms with E-state index < -0.39 is 0 Å². The van der Waals surface area contributed by atoms with Gasteiger partial charge in [0.2, 0.25) is 0 Å². The average molecular weight is 252 g/mol. The van der Waals surface area contributed by atoms with Crippen LogP contribution in [-0.2, 0) is 0 Å². The van der Waals surface area contributed by atoms with E-state index in [1.807, 2.05) is 30.3 Å². The molecule has 0 bridgehead atoms. The van der Waals surface area contributed by atoms with Gasteiger partial charge in [-0.25, -0.2) is 0 Å². The van der Waals surface area contributed by atoms with Crippen LogP contribution in [0.3, 0.4) is 0 Å². The number of para-hydroxylation sites is 1. The fourth-order valence-corrected chi connectivity index (χ4v) is 1.54. The predicted octanol–water partition coefficient (Wildman–Crippen LogP) is 4.39. The third kappa shape index (κ3) is 3.34. The molecule has 0 aromatic heterocycles. The Kier molecular flexibility index (Phi) is 4.16. The van der Waals surface area contributed by atoms with Crippen LogP contribution in [0.5, 0.6) is 5.75 Å². The van der Waals surface area contributed by atoms with Gasteiger partial charge in [0, 0.05) is 11.1 Å². The summed E-state index contributed by atoms with van der Waals surface area (Å²) in [6.45, 7) is 0. The number of ether oxygens (including phenoxy) is 1. The highest BCUT2D eigenvalue weighted by molar-refractivity contribution is 5.83. The fourth-order valence-electron chi connectivity index (χ4n) is 1.54. The lowest BCUT2D eigenvalue weighted by atomic mass is 10.2. The summed E-state index contributed by atoms with van der Waals surface area (Å²) in [4.78, 5) is 7.10. The molecule has 0 saturated heterocycles. The summed E-state index contributed by atoms with van der Waals surface area (Å²) in [5.41, 5.74) is 10.6. The lowest BCUT2D eigenvalue weighted by Gasteiger charge is -2.00. The van der Waals surface area contributed by atoms with Crippen molar-refractivity contribution in [3.63, 3.8) is 0 Å². The van der Waals surface area contributed by atoms with E-state index in [0.29, 0.717) is 11.4 Å². The summed E-state index contributed by atoms with van der Waals surface area (Å²) >= 11 is 0. The molecule has 0 amide bonds. The molecular weight excluding hydrogens is 240 g/mol. The highest BCUT2D eigenvalue weighted by Crippen LogP contribution is 2.27. The molecule has 2 aromatic carbocycles. The van der Waals surface area contributed by atoms with E-state index in [4.69, 9.17) is 10.3 Å². The maximum Gasteiger partial charge on any atom is 0.118 e. The lowest BCUT2D eigenvalue weighted by Crippen LogP contribution is -1.84. The smallest absolute Gasteiger partial charge is 0.118 e. The van der Waals surface area contributed by atoms with E-state index in [0.717, 1.165) is 11.3 Å². The number of methoxy groups -OCH3 is 1. The van der Waals surface area contributed by atoms with Gasteiger partial charge in [-0.2, -0.15) is 0 Å². The summed E-state index contributed by atoms with van der Waals surface area (Å²) in [5, 5.41) is 3.59. The number of benzene rings is 2. The fraction of sp³-hybridized carbons (Fsp3) is 0.0714. The van der Waals surface area contributed by atoms with E-state index in [1.54, 1.807) is 31.5 Å². The Bertz CT molecular complexity index is 628. The van der Waals surface area contributed by atoms with Gasteiger partial charge in [0.15, 0.2) is 0 Å². The van der Waals surface area contributed by atoms with Crippen molar-refractivity contribution in [2.45, 2.75) is 0 Å². The second-order valence-electron chi connectivity index (χ2n) is 3.71. The van der Waals surface area contributed by atoms with Crippen LogP contribution < -0.4 is 4.74 Å². The summed E-state index contributed by atoms with van der Waals surface area (Å²) in [6, 6.07) is 14.7. The Balaban J connectivity index is 2.24. The molecule has 2 aromatic rings. The highest BCUT2D eigenvalue weighted by Gasteiger charge is 1.96. The first-order valence-electron chi connectivity index (χ1n) is 5.66. The van der Waals surface area contributed by atoms with Crippen LogP contribution in [0.2, 0.25) is 0 Å². The van der Waals surface area contributed by atoms with Gasteiger partial charge in [-0.1, -0.05) is 23.3 Å². The molecule has 0 heterocycles. The molecule has 0 fully saturated rings. The zero-order chi connectivity index (χ0) is 13.5. The van der Waals surface area contributed by atoms with Gasteiger partial charge in [-0.05, 0) is 41.4 Å².